The standard InChI is InChI=1S/C15H13IN2O4/c1-10(15(19)17-12-8-6-11(16)7-9-12)22-14-5-3-2-4-13(14)18(20)21/h2-10H,1H3,(H,17,19)/t10-/m0/s1. The lowest BCUT2D eigenvalue weighted by Crippen LogP contribution is -2.30. The van der Waals surface area contributed by atoms with Crippen LogP contribution in [0.4, 0.5) is 11.4 Å². The first-order valence-electron chi connectivity index (χ1n) is 6.44. The molecule has 2 aromatic carbocycles. The number of carbonyl (C=O) groups is 1. The first kappa shape index (κ1) is 16.2. The quantitative estimate of drug-likeness (QED) is 0.462. The smallest absolute Gasteiger partial charge is 0.310 e. The number of halogens is 1. The molecule has 7 heteroatoms. The second-order valence-corrected chi connectivity index (χ2v) is 5.73. The van der Waals surface area contributed by atoms with E-state index in [9.17, 15) is 14.9 Å². The summed E-state index contributed by atoms with van der Waals surface area (Å²) in [5, 5.41) is 13.6. The molecule has 0 heterocycles. The van der Waals surface area contributed by atoms with Gasteiger partial charge in [0.05, 0.1) is 4.92 Å². The minimum Gasteiger partial charge on any atom is -0.474 e. The number of nitrogens with zero attached hydrogens (tertiary/aromatic N) is 1. The Kier molecular flexibility index (Phi) is 5.31. The van der Waals surface area contributed by atoms with Crippen LogP contribution in [0.3, 0.4) is 0 Å². The molecule has 2 aromatic rings. The molecule has 0 aromatic heterocycles. The predicted molar refractivity (Wildman–Crippen MR) is 91.0 cm³/mol. The van der Waals surface area contributed by atoms with Gasteiger partial charge in [-0.15, -0.1) is 0 Å². The first-order valence-corrected chi connectivity index (χ1v) is 7.52. The van der Waals surface area contributed by atoms with E-state index in [1.807, 2.05) is 12.1 Å². The van der Waals surface area contributed by atoms with E-state index in [-0.39, 0.29) is 17.3 Å². The van der Waals surface area contributed by atoms with E-state index in [0.29, 0.717) is 5.69 Å². The van der Waals surface area contributed by atoms with E-state index < -0.39 is 11.0 Å². The summed E-state index contributed by atoms with van der Waals surface area (Å²) < 4.78 is 6.46. The summed E-state index contributed by atoms with van der Waals surface area (Å²) in [4.78, 5) is 22.5. The molecule has 2 rings (SSSR count). The summed E-state index contributed by atoms with van der Waals surface area (Å²) >= 11 is 2.17. The minimum atomic E-state index is -0.861. The van der Waals surface area contributed by atoms with Crippen molar-refractivity contribution in [2.45, 2.75) is 13.0 Å². The molecule has 1 amide bonds. The minimum absolute atomic E-state index is 0.0674. The molecule has 0 spiro atoms. The molecule has 1 atom stereocenters. The number of hydrogen-bond acceptors (Lipinski definition) is 4. The third kappa shape index (κ3) is 4.17. The molecule has 22 heavy (non-hydrogen) atoms. The number of benzene rings is 2. The van der Waals surface area contributed by atoms with Gasteiger partial charge in [0.25, 0.3) is 5.91 Å². The number of nitrogens with one attached hydrogen (secondary N) is 1. The number of amides is 1. The highest BCUT2D eigenvalue weighted by molar-refractivity contribution is 14.1. The van der Waals surface area contributed by atoms with Crippen LogP contribution >= 0.6 is 22.6 Å². The summed E-state index contributed by atoms with van der Waals surface area (Å²) in [6.07, 6.45) is -0.861. The molecule has 0 saturated heterocycles. The summed E-state index contributed by atoms with van der Waals surface area (Å²) in [7, 11) is 0. The molecule has 0 bridgehead atoms. The summed E-state index contributed by atoms with van der Waals surface area (Å²) in [6, 6.07) is 13.2. The van der Waals surface area contributed by atoms with E-state index in [1.165, 1.54) is 12.1 Å². The first-order chi connectivity index (χ1) is 10.5. The van der Waals surface area contributed by atoms with Crippen LogP contribution in [0.5, 0.6) is 5.75 Å². The average molecular weight is 412 g/mol. The fourth-order valence-corrected chi connectivity index (χ4v) is 2.09. The molecule has 6 nitrogen and oxygen atoms in total. The summed E-state index contributed by atoms with van der Waals surface area (Å²) in [5.41, 5.74) is 0.472. The van der Waals surface area contributed by atoms with Crippen LogP contribution in [0.15, 0.2) is 48.5 Å². The van der Waals surface area contributed by atoms with Gasteiger partial charge in [-0.3, -0.25) is 14.9 Å². The van der Waals surface area contributed by atoms with Crippen LogP contribution in [-0.4, -0.2) is 16.9 Å². The Morgan fingerprint density at radius 1 is 1.23 bits per heavy atom. The van der Waals surface area contributed by atoms with Gasteiger partial charge in [0.1, 0.15) is 0 Å². The van der Waals surface area contributed by atoms with Crippen LogP contribution < -0.4 is 10.1 Å². The fourth-order valence-electron chi connectivity index (χ4n) is 1.73. The molecular weight excluding hydrogens is 399 g/mol. The van der Waals surface area contributed by atoms with Crippen molar-refractivity contribution < 1.29 is 14.5 Å². The molecule has 0 aliphatic carbocycles. The van der Waals surface area contributed by atoms with Gasteiger partial charge in [-0.2, -0.15) is 0 Å². The highest BCUT2D eigenvalue weighted by atomic mass is 127. The van der Waals surface area contributed by atoms with Gasteiger partial charge in [-0.05, 0) is 59.8 Å². The normalized spacial score (nSPS) is 11.5. The van der Waals surface area contributed by atoms with Crippen molar-refractivity contribution in [3.8, 4) is 5.75 Å². The molecule has 114 valence electrons. The highest BCUT2D eigenvalue weighted by Crippen LogP contribution is 2.27. The molecule has 0 unspecified atom stereocenters. The van der Waals surface area contributed by atoms with E-state index >= 15 is 0 Å². The Balaban J connectivity index is 2.05. The van der Waals surface area contributed by atoms with Crippen LogP contribution in [0.25, 0.3) is 0 Å². The molecule has 0 aliphatic rings. The molecule has 0 saturated carbocycles. The zero-order valence-corrected chi connectivity index (χ0v) is 13.8. The predicted octanol–water partition coefficient (Wildman–Crippen LogP) is 3.61. The van der Waals surface area contributed by atoms with Crippen molar-refractivity contribution in [1.29, 1.82) is 0 Å². The third-order valence-electron chi connectivity index (χ3n) is 2.85. The number of rotatable bonds is 5. The van der Waals surface area contributed by atoms with Crippen LogP contribution in [-0.2, 0) is 4.79 Å². The van der Waals surface area contributed by atoms with Gasteiger partial charge in [-0.1, -0.05) is 12.1 Å². The van der Waals surface area contributed by atoms with Gasteiger partial charge in [0.2, 0.25) is 0 Å². The monoisotopic (exact) mass is 412 g/mol. The van der Waals surface area contributed by atoms with Gasteiger partial charge in [0.15, 0.2) is 11.9 Å². The number of carbonyl (C=O) groups excluding carboxylic acids is 1. The van der Waals surface area contributed by atoms with Crippen molar-refractivity contribution in [1.82, 2.24) is 0 Å². The molecule has 0 fully saturated rings. The number of anilines is 1. The van der Waals surface area contributed by atoms with Gasteiger partial charge < -0.3 is 10.1 Å². The lowest BCUT2D eigenvalue weighted by Gasteiger charge is -2.14. The van der Waals surface area contributed by atoms with Crippen molar-refractivity contribution >= 4 is 39.9 Å². The van der Waals surface area contributed by atoms with E-state index in [2.05, 4.69) is 27.9 Å². The number of hydrogen-bond donors (Lipinski definition) is 1. The second kappa shape index (κ2) is 7.21. The second-order valence-electron chi connectivity index (χ2n) is 4.48. The molecule has 0 radical (unpaired) electrons. The third-order valence-corrected chi connectivity index (χ3v) is 3.57. The Morgan fingerprint density at radius 3 is 2.50 bits per heavy atom. The van der Waals surface area contributed by atoms with Gasteiger partial charge >= 0.3 is 5.69 Å². The number of ether oxygens (including phenoxy) is 1. The summed E-state index contributed by atoms with van der Waals surface area (Å²) in [5.74, 6) is -0.308. The Hall–Kier alpha value is -2.16. The van der Waals surface area contributed by atoms with E-state index in [1.54, 1.807) is 31.2 Å². The van der Waals surface area contributed by atoms with Crippen molar-refractivity contribution in [3.05, 3.63) is 62.2 Å². The maximum absolute atomic E-state index is 12.1. The highest BCUT2D eigenvalue weighted by Gasteiger charge is 2.20. The zero-order valence-electron chi connectivity index (χ0n) is 11.7. The largest absolute Gasteiger partial charge is 0.474 e. The average Bonchev–Trinajstić information content (AvgIpc) is 2.49. The zero-order chi connectivity index (χ0) is 16.1. The topological polar surface area (TPSA) is 81.5 Å². The maximum Gasteiger partial charge on any atom is 0.310 e. The number of para-hydroxylation sites is 2. The van der Waals surface area contributed by atoms with Gasteiger partial charge in [-0.25, -0.2) is 0 Å². The van der Waals surface area contributed by atoms with Crippen LogP contribution in [0.1, 0.15) is 6.92 Å². The Bertz CT molecular complexity index is 688. The van der Waals surface area contributed by atoms with E-state index in [0.717, 1.165) is 3.57 Å². The Labute approximate surface area is 140 Å². The van der Waals surface area contributed by atoms with Crippen LogP contribution in [0, 0.1) is 13.7 Å². The number of nitro benzene ring substituents is 1. The molecule has 1 N–H and O–H groups in total. The van der Waals surface area contributed by atoms with Crippen LogP contribution in [0.2, 0.25) is 0 Å². The molecular formula is C15H13IN2O4. The fraction of sp³-hybridized carbons (Fsp3) is 0.133. The molecule has 0 aliphatic heterocycles. The van der Waals surface area contributed by atoms with Crippen molar-refractivity contribution in [2.24, 2.45) is 0 Å². The van der Waals surface area contributed by atoms with Crippen molar-refractivity contribution in [2.75, 3.05) is 5.32 Å². The van der Waals surface area contributed by atoms with E-state index in [4.69, 9.17) is 4.74 Å². The lowest BCUT2D eigenvalue weighted by molar-refractivity contribution is -0.386. The summed E-state index contributed by atoms with van der Waals surface area (Å²) in [6.45, 7) is 1.54. The van der Waals surface area contributed by atoms with Gasteiger partial charge in [0, 0.05) is 15.3 Å². The lowest BCUT2D eigenvalue weighted by atomic mass is 10.2. The van der Waals surface area contributed by atoms with Crippen molar-refractivity contribution in [3.63, 3.8) is 0 Å². The Morgan fingerprint density at radius 2 is 1.86 bits per heavy atom. The number of nitro groups is 1. The SMILES string of the molecule is C[C@H](Oc1ccccc1[N+](=O)[O-])C(=O)Nc1ccc(I)cc1. The maximum atomic E-state index is 12.1.